The lowest BCUT2D eigenvalue weighted by atomic mass is 10.1. The summed E-state index contributed by atoms with van der Waals surface area (Å²) in [5, 5.41) is 1.85. The molecule has 20 heavy (non-hydrogen) atoms. The van der Waals surface area contributed by atoms with Gasteiger partial charge in [-0.3, -0.25) is 0 Å². The van der Waals surface area contributed by atoms with Crippen LogP contribution in [-0.2, 0) is 0 Å². The van der Waals surface area contributed by atoms with E-state index < -0.39 is 0 Å². The molecule has 0 bridgehead atoms. The molecule has 100 valence electrons. The molecule has 0 radical (unpaired) electrons. The highest BCUT2D eigenvalue weighted by Crippen LogP contribution is 2.33. The highest BCUT2D eigenvalue weighted by molar-refractivity contribution is 9.10. The lowest BCUT2D eigenvalue weighted by molar-refractivity contribution is 1.21. The summed E-state index contributed by atoms with van der Waals surface area (Å²) >= 11 is 16.0. The molecule has 5 heteroatoms. The van der Waals surface area contributed by atoms with Crippen LogP contribution in [0, 0.1) is 6.92 Å². The van der Waals surface area contributed by atoms with E-state index in [2.05, 4.69) is 25.9 Å². The highest BCUT2D eigenvalue weighted by atomic mass is 79.9. The first-order valence-electron chi connectivity index (χ1n) is 5.95. The van der Waals surface area contributed by atoms with Gasteiger partial charge in [-0.25, -0.2) is 9.97 Å². The van der Waals surface area contributed by atoms with E-state index in [1.165, 1.54) is 0 Å². The maximum Gasteiger partial charge on any atom is 0.163 e. The standard InChI is InChI=1S/C15H9BrCl2N2/c1-8-6-7-10(16)12-13(8)19-15(20-14(12)18)9-4-2-3-5-11(9)17/h2-7H,1H3. The zero-order chi connectivity index (χ0) is 14.3. The molecular formula is C15H9BrCl2N2. The van der Waals surface area contributed by atoms with Gasteiger partial charge in [-0.05, 0) is 46.6 Å². The molecule has 0 aliphatic rings. The van der Waals surface area contributed by atoms with E-state index in [-0.39, 0.29) is 0 Å². The van der Waals surface area contributed by atoms with E-state index in [4.69, 9.17) is 23.2 Å². The Labute approximate surface area is 134 Å². The van der Waals surface area contributed by atoms with Gasteiger partial charge in [-0.15, -0.1) is 0 Å². The zero-order valence-corrected chi connectivity index (χ0v) is 13.6. The van der Waals surface area contributed by atoms with Crippen LogP contribution >= 0.6 is 39.1 Å². The van der Waals surface area contributed by atoms with Gasteiger partial charge in [0.2, 0.25) is 0 Å². The van der Waals surface area contributed by atoms with Crippen molar-refractivity contribution in [3.63, 3.8) is 0 Å². The maximum absolute atomic E-state index is 6.32. The van der Waals surface area contributed by atoms with Gasteiger partial charge in [0, 0.05) is 10.0 Å². The van der Waals surface area contributed by atoms with Crippen LogP contribution in [0.2, 0.25) is 10.2 Å². The number of hydrogen-bond donors (Lipinski definition) is 0. The van der Waals surface area contributed by atoms with E-state index in [9.17, 15) is 0 Å². The Bertz CT molecular complexity index is 818. The Morgan fingerprint density at radius 1 is 1.00 bits per heavy atom. The number of rotatable bonds is 1. The molecule has 0 spiro atoms. The van der Waals surface area contributed by atoms with Crippen molar-refractivity contribution >= 4 is 50.0 Å². The van der Waals surface area contributed by atoms with Gasteiger partial charge in [-0.1, -0.05) is 41.4 Å². The lowest BCUT2D eigenvalue weighted by Crippen LogP contribution is -1.95. The molecule has 0 atom stereocenters. The predicted octanol–water partition coefficient (Wildman–Crippen LogP) is 5.67. The van der Waals surface area contributed by atoms with Gasteiger partial charge in [0.05, 0.1) is 15.9 Å². The molecule has 0 N–H and O–H groups in total. The fourth-order valence-electron chi connectivity index (χ4n) is 2.05. The van der Waals surface area contributed by atoms with Gasteiger partial charge in [0.15, 0.2) is 5.82 Å². The first-order chi connectivity index (χ1) is 9.58. The first-order valence-corrected chi connectivity index (χ1v) is 7.50. The second kappa shape index (κ2) is 5.32. The third-order valence-electron chi connectivity index (χ3n) is 3.07. The number of aryl methyl sites for hydroxylation is 1. The minimum Gasteiger partial charge on any atom is -0.228 e. The smallest absolute Gasteiger partial charge is 0.163 e. The third kappa shape index (κ3) is 2.30. The Kier molecular flexibility index (Phi) is 3.67. The summed E-state index contributed by atoms with van der Waals surface area (Å²) in [7, 11) is 0. The van der Waals surface area contributed by atoms with Gasteiger partial charge < -0.3 is 0 Å². The normalized spacial score (nSPS) is 11.0. The van der Waals surface area contributed by atoms with Crippen LogP contribution in [0.5, 0.6) is 0 Å². The van der Waals surface area contributed by atoms with Crippen LogP contribution in [0.15, 0.2) is 40.9 Å². The molecule has 0 saturated heterocycles. The molecule has 0 aliphatic carbocycles. The van der Waals surface area contributed by atoms with Gasteiger partial charge in [0.1, 0.15) is 5.15 Å². The summed E-state index contributed by atoms with van der Waals surface area (Å²) in [6.45, 7) is 1.99. The number of fused-ring (bicyclic) bond motifs is 1. The first kappa shape index (κ1) is 13.8. The van der Waals surface area contributed by atoms with Crippen molar-refractivity contribution in [2.75, 3.05) is 0 Å². The van der Waals surface area contributed by atoms with Crippen molar-refractivity contribution in [2.45, 2.75) is 6.92 Å². The van der Waals surface area contributed by atoms with Crippen LogP contribution in [0.25, 0.3) is 22.3 Å². The minimum absolute atomic E-state index is 0.417. The Hall–Kier alpha value is -1.16. The van der Waals surface area contributed by atoms with E-state index in [1.807, 2.05) is 43.3 Å². The van der Waals surface area contributed by atoms with Crippen molar-refractivity contribution < 1.29 is 0 Å². The van der Waals surface area contributed by atoms with Crippen LogP contribution in [-0.4, -0.2) is 9.97 Å². The highest BCUT2D eigenvalue weighted by Gasteiger charge is 2.13. The van der Waals surface area contributed by atoms with Crippen molar-refractivity contribution in [3.8, 4) is 11.4 Å². The summed E-state index contributed by atoms with van der Waals surface area (Å²) in [5.74, 6) is 0.536. The molecule has 1 heterocycles. The molecule has 0 unspecified atom stereocenters. The van der Waals surface area contributed by atoms with Gasteiger partial charge >= 0.3 is 0 Å². The monoisotopic (exact) mass is 366 g/mol. The van der Waals surface area contributed by atoms with Gasteiger partial charge in [-0.2, -0.15) is 0 Å². The number of benzene rings is 2. The summed E-state index contributed by atoms with van der Waals surface area (Å²) < 4.78 is 0.883. The molecule has 1 aromatic heterocycles. The number of aromatic nitrogens is 2. The van der Waals surface area contributed by atoms with Crippen LogP contribution in [0.3, 0.4) is 0 Å². The van der Waals surface area contributed by atoms with Crippen molar-refractivity contribution in [1.82, 2.24) is 9.97 Å². The molecule has 2 nitrogen and oxygen atoms in total. The lowest BCUT2D eigenvalue weighted by Gasteiger charge is -2.09. The topological polar surface area (TPSA) is 25.8 Å². The number of nitrogens with zero attached hydrogens (tertiary/aromatic N) is 2. The predicted molar refractivity (Wildman–Crippen MR) is 87.4 cm³/mol. The molecule has 0 fully saturated rings. The molecule has 0 saturated carbocycles. The fraction of sp³-hybridized carbons (Fsp3) is 0.0667. The minimum atomic E-state index is 0.417. The third-order valence-corrected chi connectivity index (χ3v) is 4.34. The van der Waals surface area contributed by atoms with Gasteiger partial charge in [0.25, 0.3) is 0 Å². The molecular weight excluding hydrogens is 359 g/mol. The average Bonchev–Trinajstić information content (AvgIpc) is 2.43. The Balaban J connectivity index is 2.36. The largest absolute Gasteiger partial charge is 0.228 e. The molecule has 3 rings (SSSR count). The van der Waals surface area contributed by atoms with Crippen molar-refractivity contribution in [1.29, 1.82) is 0 Å². The van der Waals surface area contributed by atoms with E-state index in [0.29, 0.717) is 16.0 Å². The summed E-state index contributed by atoms with van der Waals surface area (Å²) in [6, 6.07) is 11.4. The average molecular weight is 368 g/mol. The number of hydrogen-bond acceptors (Lipinski definition) is 2. The SMILES string of the molecule is Cc1ccc(Br)c2c(Cl)nc(-c3ccccc3Cl)nc12. The second-order valence-corrected chi connectivity index (χ2v) is 6.03. The van der Waals surface area contributed by atoms with E-state index >= 15 is 0 Å². The van der Waals surface area contributed by atoms with Crippen molar-refractivity contribution in [3.05, 3.63) is 56.6 Å². The van der Waals surface area contributed by atoms with Crippen LogP contribution < -0.4 is 0 Å². The zero-order valence-electron chi connectivity index (χ0n) is 10.5. The molecule has 0 aliphatic heterocycles. The molecule has 2 aromatic carbocycles. The molecule has 3 aromatic rings. The van der Waals surface area contributed by atoms with E-state index in [0.717, 1.165) is 26.5 Å². The fourth-order valence-corrected chi connectivity index (χ4v) is 3.17. The number of halogens is 3. The maximum atomic E-state index is 6.32. The molecule has 0 amide bonds. The second-order valence-electron chi connectivity index (χ2n) is 4.41. The summed E-state index contributed by atoms with van der Waals surface area (Å²) in [4.78, 5) is 8.99. The van der Waals surface area contributed by atoms with Crippen molar-refractivity contribution in [2.24, 2.45) is 0 Å². The summed E-state index contributed by atoms with van der Waals surface area (Å²) in [5.41, 5.74) is 2.65. The quantitative estimate of drug-likeness (QED) is 0.517. The van der Waals surface area contributed by atoms with Crippen LogP contribution in [0.4, 0.5) is 0 Å². The summed E-state index contributed by atoms with van der Waals surface area (Å²) in [6.07, 6.45) is 0. The Morgan fingerprint density at radius 3 is 2.50 bits per heavy atom. The van der Waals surface area contributed by atoms with Crippen LogP contribution in [0.1, 0.15) is 5.56 Å². The Morgan fingerprint density at radius 2 is 1.75 bits per heavy atom. The van der Waals surface area contributed by atoms with E-state index in [1.54, 1.807) is 0 Å².